The van der Waals surface area contributed by atoms with Crippen LogP contribution >= 0.6 is 0 Å². The summed E-state index contributed by atoms with van der Waals surface area (Å²) in [5, 5.41) is 0. The number of nitrogens with zero attached hydrogens (tertiary/aromatic N) is 3. The van der Waals surface area contributed by atoms with Crippen molar-refractivity contribution in [2.24, 2.45) is 0 Å². The number of anilines is 1. The Hall–Kier alpha value is -2.95. The number of hydrogen-bond acceptors (Lipinski definition) is 3. The van der Waals surface area contributed by atoms with E-state index in [0.717, 1.165) is 11.0 Å². The standard InChI is InChI=1S/C17H13N3O2/c21-16-10-15(17(22)20(16)12-6-2-1-3-7-12)19-11-18-13-8-4-5-9-14(13)19/h1-9,11,15H,10H2/t15-/m0/s1. The number of carbonyl (C=O) groups excluding carboxylic acids is 2. The summed E-state index contributed by atoms with van der Waals surface area (Å²) in [7, 11) is 0. The maximum atomic E-state index is 12.7. The zero-order valence-corrected chi connectivity index (χ0v) is 11.7. The van der Waals surface area contributed by atoms with Gasteiger partial charge in [0, 0.05) is 0 Å². The van der Waals surface area contributed by atoms with Gasteiger partial charge in [0.05, 0.1) is 29.5 Å². The van der Waals surface area contributed by atoms with Crippen LogP contribution in [0.25, 0.3) is 11.0 Å². The molecule has 0 unspecified atom stereocenters. The number of fused-ring (bicyclic) bond motifs is 1. The molecule has 1 aromatic heterocycles. The molecule has 1 fully saturated rings. The Bertz CT molecular complexity index is 870. The van der Waals surface area contributed by atoms with Crippen LogP contribution in [0.15, 0.2) is 60.9 Å². The molecule has 5 nitrogen and oxygen atoms in total. The number of carbonyl (C=O) groups is 2. The Balaban J connectivity index is 1.76. The van der Waals surface area contributed by atoms with E-state index in [1.807, 2.05) is 42.5 Å². The predicted octanol–water partition coefficient (Wildman–Crippen LogP) is 2.54. The molecule has 1 aliphatic heterocycles. The van der Waals surface area contributed by atoms with Crippen LogP contribution in [-0.4, -0.2) is 21.4 Å². The molecular formula is C17H13N3O2. The molecule has 0 saturated carbocycles. The first kappa shape index (κ1) is 12.8. The minimum atomic E-state index is -0.528. The second-order valence-corrected chi connectivity index (χ2v) is 5.26. The third-order valence-corrected chi connectivity index (χ3v) is 3.95. The summed E-state index contributed by atoms with van der Waals surface area (Å²) in [6.07, 6.45) is 1.79. The molecule has 108 valence electrons. The minimum Gasteiger partial charge on any atom is -0.317 e. The van der Waals surface area contributed by atoms with Gasteiger partial charge in [0.25, 0.3) is 5.91 Å². The molecule has 0 aliphatic carbocycles. The van der Waals surface area contributed by atoms with E-state index in [-0.39, 0.29) is 18.2 Å². The Morgan fingerprint density at radius 1 is 0.955 bits per heavy atom. The van der Waals surface area contributed by atoms with Crippen LogP contribution in [0.3, 0.4) is 0 Å². The van der Waals surface area contributed by atoms with E-state index in [1.165, 1.54) is 4.90 Å². The molecule has 5 heteroatoms. The molecule has 1 aliphatic rings. The van der Waals surface area contributed by atoms with Crippen molar-refractivity contribution in [1.82, 2.24) is 9.55 Å². The zero-order valence-electron chi connectivity index (χ0n) is 11.7. The Morgan fingerprint density at radius 3 is 2.50 bits per heavy atom. The predicted molar refractivity (Wildman–Crippen MR) is 82.3 cm³/mol. The van der Waals surface area contributed by atoms with Crippen LogP contribution in [0.5, 0.6) is 0 Å². The van der Waals surface area contributed by atoms with Crippen molar-refractivity contribution in [2.45, 2.75) is 12.5 Å². The highest BCUT2D eigenvalue weighted by molar-refractivity contribution is 6.21. The Morgan fingerprint density at radius 2 is 1.68 bits per heavy atom. The van der Waals surface area contributed by atoms with Crippen molar-refractivity contribution in [1.29, 1.82) is 0 Å². The van der Waals surface area contributed by atoms with Gasteiger partial charge in [-0.15, -0.1) is 0 Å². The lowest BCUT2D eigenvalue weighted by molar-refractivity contribution is -0.122. The van der Waals surface area contributed by atoms with Gasteiger partial charge in [0.15, 0.2) is 0 Å². The van der Waals surface area contributed by atoms with Gasteiger partial charge in [-0.3, -0.25) is 9.59 Å². The first-order valence-electron chi connectivity index (χ1n) is 7.09. The normalized spacial score (nSPS) is 18.4. The lowest BCUT2D eigenvalue weighted by atomic mass is 10.2. The first-order valence-corrected chi connectivity index (χ1v) is 7.09. The van der Waals surface area contributed by atoms with Crippen LogP contribution in [0, 0.1) is 0 Å². The van der Waals surface area contributed by atoms with Crippen molar-refractivity contribution < 1.29 is 9.59 Å². The lowest BCUT2D eigenvalue weighted by Gasteiger charge is -2.15. The largest absolute Gasteiger partial charge is 0.317 e. The van der Waals surface area contributed by atoms with Crippen LogP contribution in [0.2, 0.25) is 0 Å². The topological polar surface area (TPSA) is 55.2 Å². The Kier molecular flexibility index (Phi) is 2.79. The van der Waals surface area contributed by atoms with Crippen molar-refractivity contribution in [3.63, 3.8) is 0 Å². The molecule has 1 atom stereocenters. The number of amides is 2. The lowest BCUT2D eigenvalue weighted by Crippen LogP contribution is -2.30. The monoisotopic (exact) mass is 291 g/mol. The van der Waals surface area contributed by atoms with Crippen LogP contribution in [0.1, 0.15) is 12.5 Å². The van der Waals surface area contributed by atoms with Gasteiger partial charge in [-0.05, 0) is 24.3 Å². The van der Waals surface area contributed by atoms with Crippen LogP contribution in [0.4, 0.5) is 5.69 Å². The summed E-state index contributed by atoms with van der Waals surface area (Å²) in [5.74, 6) is -0.390. The molecule has 0 spiro atoms. The van der Waals surface area contributed by atoms with Gasteiger partial charge in [-0.1, -0.05) is 30.3 Å². The van der Waals surface area contributed by atoms with Crippen molar-refractivity contribution in [3.05, 3.63) is 60.9 Å². The average Bonchev–Trinajstić information content (AvgIpc) is 3.09. The molecule has 1 saturated heterocycles. The molecule has 0 N–H and O–H groups in total. The molecule has 2 aromatic carbocycles. The molecular weight excluding hydrogens is 278 g/mol. The number of para-hydroxylation sites is 3. The van der Waals surface area contributed by atoms with Gasteiger partial charge in [-0.2, -0.15) is 0 Å². The van der Waals surface area contributed by atoms with Crippen molar-refractivity contribution >= 4 is 28.5 Å². The number of hydrogen-bond donors (Lipinski definition) is 0. The molecule has 2 amide bonds. The van der Waals surface area contributed by atoms with Gasteiger partial charge >= 0.3 is 0 Å². The fourth-order valence-electron chi connectivity index (χ4n) is 2.91. The highest BCUT2D eigenvalue weighted by atomic mass is 16.2. The number of imide groups is 1. The second kappa shape index (κ2) is 4.80. The third kappa shape index (κ3) is 1.83. The first-order chi connectivity index (χ1) is 10.8. The van der Waals surface area contributed by atoms with E-state index >= 15 is 0 Å². The average molecular weight is 291 g/mol. The molecule has 0 bridgehead atoms. The van der Waals surface area contributed by atoms with E-state index in [9.17, 15) is 9.59 Å². The zero-order chi connectivity index (χ0) is 15.1. The van der Waals surface area contributed by atoms with Crippen LogP contribution < -0.4 is 4.90 Å². The van der Waals surface area contributed by atoms with Crippen LogP contribution in [-0.2, 0) is 9.59 Å². The number of rotatable bonds is 2. The molecule has 22 heavy (non-hydrogen) atoms. The quantitative estimate of drug-likeness (QED) is 0.682. The maximum absolute atomic E-state index is 12.7. The summed E-state index contributed by atoms with van der Waals surface area (Å²) in [5.41, 5.74) is 2.30. The van der Waals surface area contributed by atoms with Gasteiger partial charge < -0.3 is 4.57 Å². The van der Waals surface area contributed by atoms with Gasteiger partial charge in [0.1, 0.15) is 6.04 Å². The van der Waals surface area contributed by atoms with E-state index < -0.39 is 6.04 Å². The summed E-state index contributed by atoms with van der Waals surface area (Å²) >= 11 is 0. The van der Waals surface area contributed by atoms with E-state index in [2.05, 4.69) is 4.98 Å². The maximum Gasteiger partial charge on any atom is 0.257 e. The highest BCUT2D eigenvalue weighted by Crippen LogP contribution is 2.31. The smallest absolute Gasteiger partial charge is 0.257 e. The summed E-state index contributed by atoms with van der Waals surface area (Å²) in [4.78, 5) is 30.6. The third-order valence-electron chi connectivity index (χ3n) is 3.95. The highest BCUT2D eigenvalue weighted by Gasteiger charge is 2.40. The van der Waals surface area contributed by atoms with Gasteiger partial charge in [0.2, 0.25) is 5.91 Å². The minimum absolute atomic E-state index is 0.161. The summed E-state index contributed by atoms with van der Waals surface area (Å²) in [6, 6.07) is 16.1. The summed E-state index contributed by atoms with van der Waals surface area (Å²) < 4.78 is 1.79. The molecule has 3 aromatic rings. The van der Waals surface area contributed by atoms with Crippen molar-refractivity contribution in [2.75, 3.05) is 4.90 Å². The second-order valence-electron chi connectivity index (χ2n) is 5.26. The molecule has 4 rings (SSSR count). The SMILES string of the molecule is O=C1C[C@H](n2cnc3ccccc32)C(=O)N1c1ccccc1. The fourth-order valence-corrected chi connectivity index (χ4v) is 2.91. The molecule has 0 radical (unpaired) electrons. The van der Waals surface area contributed by atoms with Gasteiger partial charge in [-0.25, -0.2) is 9.88 Å². The number of aromatic nitrogens is 2. The van der Waals surface area contributed by atoms with E-state index in [4.69, 9.17) is 0 Å². The van der Waals surface area contributed by atoms with Crippen molar-refractivity contribution in [3.8, 4) is 0 Å². The van der Waals surface area contributed by atoms with E-state index in [1.54, 1.807) is 23.0 Å². The Labute approximate surface area is 126 Å². The fraction of sp³-hybridized carbons (Fsp3) is 0.118. The number of benzene rings is 2. The van der Waals surface area contributed by atoms with E-state index in [0.29, 0.717) is 5.69 Å². The molecule has 2 heterocycles. The number of imidazole rings is 1. The summed E-state index contributed by atoms with van der Waals surface area (Å²) in [6.45, 7) is 0.